The molecule has 1 atom stereocenters. The number of alkyl halides is 3. The first-order valence-corrected chi connectivity index (χ1v) is 5.47. The number of benzene rings is 1. The summed E-state index contributed by atoms with van der Waals surface area (Å²) in [5, 5.41) is 9.49. The van der Waals surface area contributed by atoms with Gasteiger partial charge in [0.25, 0.3) is 0 Å². The smallest absolute Gasteiger partial charge is 0.411 e. The Morgan fingerprint density at radius 3 is 2.58 bits per heavy atom. The highest BCUT2D eigenvalue weighted by atomic mass is 19.4. The van der Waals surface area contributed by atoms with Crippen LogP contribution < -0.4 is 4.74 Å². The van der Waals surface area contributed by atoms with Crippen LogP contribution in [0.25, 0.3) is 0 Å². The Labute approximate surface area is 107 Å². The molecule has 0 saturated carbocycles. The van der Waals surface area contributed by atoms with E-state index in [9.17, 15) is 22.7 Å². The molecule has 3 nitrogen and oxygen atoms in total. The van der Waals surface area contributed by atoms with Crippen LogP contribution in [0.2, 0.25) is 0 Å². The van der Waals surface area contributed by atoms with Gasteiger partial charge in [0.1, 0.15) is 6.61 Å². The van der Waals surface area contributed by atoms with Crippen LogP contribution in [0.15, 0.2) is 18.2 Å². The molecule has 0 aromatic heterocycles. The standard InChI is InChI=1S/C12H14F4O3/c1-18-10-4-2-3-8(11(10)13)5-9(17)6-19-7-12(14,15)16/h2-4,9,17H,5-7H2,1H3. The Balaban J connectivity index is 2.51. The second kappa shape index (κ2) is 6.72. The van der Waals surface area contributed by atoms with Crippen molar-refractivity contribution in [3.8, 4) is 5.75 Å². The minimum absolute atomic E-state index is 0.0147. The van der Waals surface area contributed by atoms with E-state index >= 15 is 0 Å². The third-order valence-electron chi connectivity index (χ3n) is 2.29. The number of aliphatic hydroxyl groups is 1. The molecule has 1 aromatic carbocycles. The van der Waals surface area contributed by atoms with Crippen molar-refractivity contribution in [1.29, 1.82) is 0 Å². The van der Waals surface area contributed by atoms with Crippen LogP contribution in [0.3, 0.4) is 0 Å². The zero-order chi connectivity index (χ0) is 14.5. The maximum atomic E-state index is 13.7. The van der Waals surface area contributed by atoms with Crippen LogP contribution in [-0.2, 0) is 11.2 Å². The molecule has 0 aliphatic heterocycles. The van der Waals surface area contributed by atoms with Crippen molar-refractivity contribution in [3.05, 3.63) is 29.6 Å². The van der Waals surface area contributed by atoms with Gasteiger partial charge in [-0.1, -0.05) is 12.1 Å². The number of hydrogen-bond donors (Lipinski definition) is 1. The SMILES string of the molecule is COc1cccc(CC(O)COCC(F)(F)F)c1F. The van der Waals surface area contributed by atoms with E-state index in [0.717, 1.165) is 0 Å². The molecule has 1 rings (SSSR count). The third-order valence-corrected chi connectivity index (χ3v) is 2.29. The summed E-state index contributed by atoms with van der Waals surface area (Å²) in [6.45, 7) is -1.96. The molecule has 1 unspecified atom stereocenters. The monoisotopic (exact) mass is 282 g/mol. The van der Waals surface area contributed by atoms with Gasteiger partial charge in [-0.15, -0.1) is 0 Å². The van der Waals surface area contributed by atoms with Crippen LogP contribution in [0, 0.1) is 5.82 Å². The van der Waals surface area contributed by atoms with Gasteiger partial charge in [-0.2, -0.15) is 13.2 Å². The molecule has 0 bridgehead atoms. The summed E-state index contributed by atoms with van der Waals surface area (Å²) in [5.74, 6) is -0.624. The molecule has 0 radical (unpaired) electrons. The van der Waals surface area contributed by atoms with Gasteiger partial charge < -0.3 is 14.6 Å². The van der Waals surface area contributed by atoms with Gasteiger partial charge in [0.2, 0.25) is 0 Å². The molecule has 0 amide bonds. The highest BCUT2D eigenvalue weighted by molar-refractivity contribution is 5.31. The van der Waals surface area contributed by atoms with Gasteiger partial charge in [0.15, 0.2) is 11.6 Å². The number of hydrogen-bond acceptors (Lipinski definition) is 3. The fraction of sp³-hybridized carbons (Fsp3) is 0.500. The maximum absolute atomic E-state index is 13.7. The lowest BCUT2D eigenvalue weighted by Gasteiger charge is -2.14. The molecule has 19 heavy (non-hydrogen) atoms. The van der Waals surface area contributed by atoms with Gasteiger partial charge in [-0.25, -0.2) is 4.39 Å². The first-order valence-electron chi connectivity index (χ1n) is 5.47. The summed E-state index contributed by atoms with van der Waals surface area (Å²) in [7, 11) is 1.30. The predicted molar refractivity (Wildman–Crippen MR) is 59.5 cm³/mol. The first-order chi connectivity index (χ1) is 8.83. The molecule has 7 heteroatoms. The van der Waals surface area contributed by atoms with Crippen molar-refractivity contribution in [3.63, 3.8) is 0 Å². The number of rotatable bonds is 6. The summed E-state index contributed by atoms with van der Waals surface area (Å²) in [4.78, 5) is 0. The molecule has 1 N–H and O–H groups in total. The summed E-state index contributed by atoms with van der Waals surface area (Å²) in [5.41, 5.74) is 0.155. The van der Waals surface area contributed by atoms with Crippen molar-refractivity contribution >= 4 is 0 Å². The Bertz CT molecular complexity index is 406. The molecule has 0 heterocycles. The van der Waals surface area contributed by atoms with Crippen molar-refractivity contribution in [1.82, 2.24) is 0 Å². The zero-order valence-corrected chi connectivity index (χ0v) is 10.2. The molecular formula is C12H14F4O3. The van der Waals surface area contributed by atoms with Crippen molar-refractivity contribution in [2.75, 3.05) is 20.3 Å². The molecule has 0 spiro atoms. The number of ether oxygens (including phenoxy) is 2. The normalized spacial score (nSPS) is 13.4. The summed E-state index contributed by atoms with van der Waals surface area (Å²) in [6.07, 6.45) is -5.81. The van der Waals surface area contributed by atoms with Gasteiger partial charge >= 0.3 is 6.18 Å². The summed E-state index contributed by atoms with van der Waals surface area (Å²) in [6, 6.07) is 4.36. The molecular weight excluding hydrogens is 268 g/mol. The number of aliphatic hydroxyl groups excluding tert-OH is 1. The largest absolute Gasteiger partial charge is 0.494 e. The Kier molecular flexibility index (Phi) is 5.56. The van der Waals surface area contributed by atoms with E-state index < -0.39 is 31.3 Å². The van der Waals surface area contributed by atoms with Crippen molar-refractivity contribution in [2.24, 2.45) is 0 Å². The molecule has 1 aromatic rings. The van der Waals surface area contributed by atoms with E-state index in [-0.39, 0.29) is 17.7 Å². The molecule has 108 valence electrons. The van der Waals surface area contributed by atoms with Crippen LogP contribution in [0.1, 0.15) is 5.56 Å². The van der Waals surface area contributed by atoms with E-state index in [1.165, 1.54) is 25.3 Å². The van der Waals surface area contributed by atoms with E-state index in [2.05, 4.69) is 4.74 Å². The predicted octanol–water partition coefficient (Wildman–Crippen LogP) is 2.32. The topological polar surface area (TPSA) is 38.7 Å². The van der Waals surface area contributed by atoms with Crippen LogP contribution in [-0.4, -0.2) is 37.7 Å². The Morgan fingerprint density at radius 2 is 2.00 bits per heavy atom. The highest BCUT2D eigenvalue weighted by Gasteiger charge is 2.27. The minimum Gasteiger partial charge on any atom is -0.494 e. The average Bonchev–Trinajstić information content (AvgIpc) is 2.30. The van der Waals surface area contributed by atoms with Crippen molar-refractivity contribution in [2.45, 2.75) is 18.7 Å². The van der Waals surface area contributed by atoms with Gasteiger partial charge in [0, 0.05) is 6.42 Å². The maximum Gasteiger partial charge on any atom is 0.411 e. The summed E-state index contributed by atoms with van der Waals surface area (Å²) < 4.78 is 58.2. The van der Waals surface area contributed by atoms with Crippen molar-refractivity contribution < 1.29 is 32.1 Å². The molecule has 0 aliphatic rings. The van der Waals surface area contributed by atoms with Crippen LogP contribution in [0.4, 0.5) is 17.6 Å². The second-order valence-electron chi connectivity index (χ2n) is 3.92. The molecule has 0 aliphatic carbocycles. The number of methoxy groups -OCH3 is 1. The van der Waals surface area contributed by atoms with Gasteiger partial charge in [-0.05, 0) is 11.6 Å². The zero-order valence-electron chi connectivity index (χ0n) is 10.2. The van der Waals surface area contributed by atoms with Crippen LogP contribution >= 0.6 is 0 Å². The first kappa shape index (κ1) is 15.7. The lowest BCUT2D eigenvalue weighted by molar-refractivity contribution is -0.179. The van der Waals surface area contributed by atoms with E-state index in [0.29, 0.717) is 0 Å². The fourth-order valence-corrected chi connectivity index (χ4v) is 1.49. The third kappa shape index (κ3) is 5.44. The minimum atomic E-state index is -4.44. The highest BCUT2D eigenvalue weighted by Crippen LogP contribution is 2.21. The van der Waals surface area contributed by atoms with E-state index in [1.807, 2.05) is 0 Å². The number of halogens is 4. The Morgan fingerprint density at radius 1 is 1.32 bits per heavy atom. The van der Waals surface area contributed by atoms with Gasteiger partial charge in [0.05, 0.1) is 19.8 Å². The lowest BCUT2D eigenvalue weighted by Crippen LogP contribution is -2.24. The fourth-order valence-electron chi connectivity index (χ4n) is 1.49. The molecule has 0 fully saturated rings. The second-order valence-corrected chi connectivity index (χ2v) is 3.92. The molecule has 0 saturated heterocycles. The van der Waals surface area contributed by atoms with Gasteiger partial charge in [-0.3, -0.25) is 0 Å². The van der Waals surface area contributed by atoms with E-state index in [4.69, 9.17) is 4.74 Å². The van der Waals surface area contributed by atoms with E-state index in [1.54, 1.807) is 0 Å². The Hall–Kier alpha value is -1.34. The lowest BCUT2D eigenvalue weighted by atomic mass is 10.1. The summed E-state index contributed by atoms with van der Waals surface area (Å²) >= 11 is 0. The average molecular weight is 282 g/mol. The van der Waals surface area contributed by atoms with Crippen LogP contribution in [0.5, 0.6) is 5.75 Å². The quantitative estimate of drug-likeness (QED) is 0.814.